The smallest absolute Gasteiger partial charge is 0.169 e. The van der Waals surface area contributed by atoms with Gasteiger partial charge >= 0.3 is 0 Å². The maximum absolute atomic E-state index is 13.3. The molecule has 0 aliphatic heterocycles. The van der Waals surface area contributed by atoms with Gasteiger partial charge in [-0.25, -0.2) is 0 Å². The molecular weight excluding hydrogens is 326 g/mol. The minimum atomic E-state index is -0.406. The Hall–Kier alpha value is -2.48. The Labute approximate surface area is 153 Å². The van der Waals surface area contributed by atoms with Crippen LogP contribution >= 0.6 is 0 Å². The quantitative estimate of drug-likeness (QED) is 0.848. The number of benzene rings is 2. The van der Waals surface area contributed by atoms with Crippen LogP contribution in [0.4, 0.5) is 0 Å². The maximum Gasteiger partial charge on any atom is 0.169 e. The Bertz CT molecular complexity index is 900. The highest BCUT2D eigenvalue weighted by atomic mass is 16.5. The van der Waals surface area contributed by atoms with Crippen LogP contribution in [0.5, 0.6) is 0 Å². The first-order valence-electron chi connectivity index (χ1n) is 8.84. The van der Waals surface area contributed by atoms with E-state index in [2.05, 4.69) is 12.1 Å². The number of Topliss-reactive ketones (excluding diaryl/α,β-unsaturated/α-hetero) is 1. The van der Waals surface area contributed by atoms with Crippen molar-refractivity contribution in [1.82, 2.24) is 0 Å². The van der Waals surface area contributed by atoms with Crippen LogP contribution in [0.25, 0.3) is 11.1 Å². The molecule has 0 saturated heterocycles. The highest BCUT2D eigenvalue weighted by Crippen LogP contribution is 2.50. The molecule has 1 spiro atoms. The van der Waals surface area contributed by atoms with E-state index in [4.69, 9.17) is 14.7 Å². The van der Waals surface area contributed by atoms with Gasteiger partial charge in [-0.1, -0.05) is 24.3 Å². The van der Waals surface area contributed by atoms with E-state index in [0.29, 0.717) is 18.4 Å². The van der Waals surface area contributed by atoms with E-state index < -0.39 is 5.41 Å². The molecule has 0 heterocycles. The zero-order chi connectivity index (χ0) is 18.3. The predicted octanol–water partition coefficient (Wildman–Crippen LogP) is 3.77. The molecule has 0 bridgehead atoms. The van der Waals surface area contributed by atoms with Gasteiger partial charge in [0.25, 0.3) is 0 Å². The fraction of sp³-hybridized carbons (Fsp3) is 0.364. The second-order valence-electron chi connectivity index (χ2n) is 7.31. The van der Waals surface area contributed by atoms with Crippen LogP contribution in [0, 0.1) is 16.7 Å². The lowest BCUT2D eigenvalue weighted by Gasteiger charge is -2.20. The lowest BCUT2D eigenvalue weighted by molar-refractivity contribution is -0.0157. The van der Waals surface area contributed by atoms with E-state index >= 15 is 0 Å². The van der Waals surface area contributed by atoms with Crippen LogP contribution in [0.3, 0.4) is 0 Å². The Balaban J connectivity index is 1.69. The third-order valence-corrected chi connectivity index (χ3v) is 5.89. The van der Waals surface area contributed by atoms with Gasteiger partial charge in [-0.05, 0) is 54.2 Å². The van der Waals surface area contributed by atoms with Gasteiger partial charge in [0, 0.05) is 25.2 Å². The number of carbonyl (C=O) groups excluding carboxylic acids is 1. The third kappa shape index (κ3) is 2.56. The molecule has 2 aliphatic carbocycles. The van der Waals surface area contributed by atoms with Gasteiger partial charge in [0.15, 0.2) is 5.78 Å². The first kappa shape index (κ1) is 17.0. The molecule has 0 aromatic heterocycles. The van der Waals surface area contributed by atoms with Crippen molar-refractivity contribution in [2.75, 3.05) is 14.2 Å². The fourth-order valence-electron chi connectivity index (χ4n) is 4.54. The molecule has 0 radical (unpaired) electrons. The number of ether oxygens (including phenoxy) is 2. The lowest BCUT2D eigenvalue weighted by Crippen LogP contribution is -2.25. The highest BCUT2D eigenvalue weighted by Gasteiger charge is 2.54. The van der Waals surface area contributed by atoms with Crippen LogP contribution in [0.1, 0.15) is 34.3 Å². The zero-order valence-corrected chi connectivity index (χ0v) is 15.0. The summed E-state index contributed by atoms with van der Waals surface area (Å²) in [5.74, 6) is 0.201. The summed E-state index contributed by atoms with van der Waals surface area (Å²) in [6.07, 6.45) is 2.08. The molecule has 0 amide bonds. The topological polar surface area (TPSA) is 59.3 Å². The summed E-state index contributed by atoms with van der Waals surface area (Å²) in [7, 11) is 3.37. The standard InChI is InChI=1S/C22H21NO3/c1-25-19-11-22(12-20(19)26-2)10-17-7-6-16(9-18(17)21(22)24)15-5-3-4-14(8-15)13-23/h3-9,19-20H,10-12H2,1-2H3. The molecule has 2 aliphatic rings. The van der Waals surface area contributed by atoms with Gasteiger partial charge in [-0.3, -0.25) is 4.79 Å². The molecule has 26 heavy (non-hydrogen) atoms. The summed E-state index contributed by atoms with van der Waals surface area (Å²) < 4.78 is 11.1. The number of carbonyl (C=O) groups is 1. The Kier molecular flexibility index (Phi) is 4.14. The minimum Gasteiger partial charge on any atom is -0.379 e. The van der Waals surface area contributed by atoms with Crippen molar-refractivity contribution in [2.24, 2.45) is 5.41 Å². The molecule has 4 nitrogen and oxygen atoms in total. The minimum absolute atomic E-state index is 0.0370. The van der Waals surface area contributed by atoms with Gasteiger partial charge in [-0.15, -0.1) is 0 Å². The molecule has 2 aromatic carbocycles. The van der Waals surface area contributed by atoms with E-state index in [9.17, 15) is 4.79 Å². The van der Waals surface area contributed by atoms with Crippen molar-refractivity contribution in [3.63, 3.8) is 0 Å². The number of ketones is 1. The van der Waals surface area contributed by atoms with Crippen molar-refractivity contribution in [1.29, 1.82) is 5.26 Å². The molecular formula is C22H21NO3. The summed E-state index contributed by atoms with van der Waals surface area (Å²) in [6, 6.07) is 15.7. The first-order valence-corrected chi connectivity index (χ1v) is 8.84. The van der Waals surface area contributed by atoms with E-state index in [1.807, 2.05) is 30.3 Å². The van der Waals surface area contributed by atoms with Crippen molar-refractivity contribution < 1.29 is 14.3 Å². The molecule has 1 fully saturated rings. The molecule has 0 N–H and O–H groups in total. The zero-order valence-electron chi connectivity index (χ0n) is 15.0. The van der Waals surface area contributed by atoms with Gasteiger partial charge in [0.2, 0.25) is 0 Å². The van der Waals surface area contributed by atoms with Crippen molar-refractivity contribution in [3.05, 3.63) is 59.2 Å². The largest absolute Gasteiger partial charge is 0.379 e. The number of rotatable bonds is 3. The third-order valence-electron chi connectivity index (χ3n) is 5.89. The normalized spacial score (nSPS) is 26.9. The molecule has 1 saturated carbocycles. The number of hydrogen-bond donors (Lipinski definition) is 0. The summed E-state index contributed by atoms with van der Waals surface area (Å²) >= 11 is 0. The number of fused-ring (bicyclic) bond motifs is 1. The molecule has 4 rings (SSSR count). The van der Waals surface area contributed by atoms with Gasteiger partial charge in [-0.2, -0.15) is 5.26 Å². The van der Waals surface area contributed by atoms with E-state index in [0.717, 1.165) is 28.7 Å². The number of hydrogen-bond acceptors (Lipinski definition) is 4. The van der Waals surface area contributed by atoms with Crippen molar-refractivity contribution in [2.45, 2.75) is 31.5 Å². The summed E-state index contributed by atoms with van der Waals surface area (Å²) in [4.78, 5) is 13.3. The van der Waals surface area contributed by atoms with E-state index in [1.54, 1.807) is 20.3 Å². The summed E-state index contributed by atoms with van der Waals surface area (Å²) in [6.45, 7) is 0. The fourth-order valence-corrected chi connectivity index (χ4v) is 4.54. The number of methoxy groups -OCH3 is 2. The molecule has 2 atom stereocenters. The van der Waals surface area contributed by atoms with Crippen molar-refractivity contribution >= 4 is 5.78 Å². The highest BCUT2D eigenvalue weighted by molar-refractivity contribution is 6.06. The average Bonchev–Trinajstić information content (AvgIpc) is 3.19. The van der Waals surface area contributed by atoms with Crippen LogP contribution in [-0.4, -0.2) is 32.2 Å². The molecule has 2 aromatic rings. The van der Waals surface area contributed by atoms with E-state index in [-0.39, 0.29) is 18.0 Å². The Morgan fingerprint density at radius 1 is 1.04 bits per heavy atom. The van der Waals surface area contributed by atoms with Gasteiger partial charge < -0.3 is 9.47 Å². The summed E-state index contributed by atoms with van der Waals surface area (Å²) in [5.41, 5.74) is 4.04. The summed E-state index contributed by atoms with van der Waals surface area (Å²) in [5, 5.41) is 9.11. The SMILES string of the molecule is COC1CC2(Cc3ccc(-c4cccc(C#N)c4)cc3C2=O)CC1OC. The lowest BCUT2D eigenvalue weighted by atomic mass is 9.82. The Morgan fingerprint density at radius 2 is 1.73 bits per heavy atom. The van der Waals surface area contributed by atoms with Gasteiger partial charge in [0.1, 0.15) is 0 Å². The van der Waals surface area contributed by atoms with Crippen LogP contribution in [-0.2, 0) is 15.9 Å². The predicted molar refractivity (Wildman–Crippen MR) is 97.9 cm³/mol. The second-order valence-corrected chi connectivity index (χ2v) is 7.31. The van der Waals surface area contributed by atoms with Crippen LogP contribution in [0.2, 0.25) is 0 Å². The van der Waals surface area contributed by atoms with Gasteiger partial charge in [0.05, 0.1) is 23.8 Å². The van der Waals surface area contributed by atoms with Crippen LogP contribution < -0.4 is 0 Å². The van der Waals surface area contributed by atoms with Crippen LogP contribution in [0.15, 0.2) is 42.5 Å². The monoisotopic (exact) mass is 347 g/mol. The molecule has 4 heteroatoms. The first-order chi connectivity index (χ1) is 12.6. The second kappa shape index (κ2) is 6.35. The maximum atomic E-state index is 13.3. The number of nitriles is 1. The molecule has 132 valence electrons. The van der Waals surface area contributed by atoms with E-state index in [1.165, 1.54) is 0 Å². The molecule has 2 unspecified atom stereocenters. The Morgan fingerprint density at radius 3 is 2.38 bits per heavy atom. The average molecular weight is 347 g/mol. The van der Waals surface area contributed by atoms with Crippen molar-refractivity contribution in [3.8, 4) is 17.2 Å². The number of nitrogens with zero attached hydrogens (tertiary/aromatic N) is 1.